The van der Waals surface area contributed by atoms with E-state index in [0.29, 0.717) is 0 Å². The highest BCUT2D eigenvalue weighted by Gasteiger charge is 2.50. The Labute approximate surface area is 111 Å². The van der Waals surface area contributed by atoms with Crippen molar-refractivity contribution in [2.45, 2.75) is 70.2 Å². The van der Waals surface area contributed by atoms with Crippen molar-refractivity contribution >= 4 is 0 Å². The molecule has 18 heavy (non-hydrogen) atoms. The fourth-order valence-electron chi connectivity index (χ4n) is 4.29. The van der Waals surface area contributed by atoms with Gasteiger partial charge < -0.3 is 10.1 Å². The number of hydrogen-bond acceptors (Lipinski definition) is 3. The van der Waals surface area contributed by atoms with Crippen LogP contribution in [0.25, 0.3) is 0 Å². The summed E-state index contributed by atoms with van der Waals surface area (Å²) < 4.78 is 6.34. The summed E-state index contributed by atoms with van der Waals surface area (Å²) in [4.78, 5) is 0. The van der Waals surface area contributed by atoms with E-state index in [1.807, 2.05) is 0 Å². The summed E-state index contributed by atoms with van der Waals surface area (Å²) in [6.07, 6.45) is 4.95. The number of ether oxygens (including phenoxy) is 1. The standard InChI is InChI=1S/C15H28N2O/c1-13(2)9-15(10-14(3,4)17-13)16-7-12(8-18-15)11-5-6-11/h11-12,16-17H,5-10H2,1-4H3. The molecule has 2 heterocycles. The van der Waals surface area contributed by atoms with Crippen LogP contribution >= 0.6 is 0 Å². The summed E-state index contributed by atoms with van der Waals surface area (Å²) in [7, 11) is 0. The van der Waals surface area contributed by atoms with Gasteiger partial charge in [0.05, 0.1) is 6.61 Å². The lowest BCUT2D eigenvalue weighted by molar-refractivity contribution is -0.165. The van der Waals surface area contributed by atoms with Crippen LogP contribution < -0.4 is 10.6 Å². The van der Waals surface area contributed by atoms with Gasteiger partial charge in [-0.25, -0.2) is 0 Å². The molecule has 2 saturated heterocycles. The van der Waals surface area contributed by atoms with Gasteiger partial charge in [-0.3, -0.25) is 5.32 Å². The Kier molecular flexibility index (Phi) is 2.82. The Hall–Kier alpha value is -0.120. The first-order chi connectivity index (χ1) is 8.29. The Morgan fingerprint density at radius 2 is 1.56 bits per heavy atom. The second-order valence-corrected chi connectivity index (χ2v) is 8.03. The zero-order chi connectivity index (χ0) is 13.0. The predicted octanol–water partition coefficient (Wildman–Crippen LogP) is 2.27. The highest BCUT2D eigenvalue weighted by molar-refractivity contribution is 5.05. The second-order valence-electron chi connectivity index (χ2n) is 8.03. The van der Waals surface area contributed by atoms with E-state index in [1.165, 1.54) is 12.8 Å². The zero-order valence-corrected chi connectivity index (χ0v) is 12.3. The van der Waals surface area contributed by atoms with Gasteiger partial charge in [0.15, 0.2) is 0 Å². The van der Waals surface area contributed by atoms with Gasteiger partial charge >= 0.3 is 0 Å². The van der Waals surface area contributed by atoms with E-state index in [9.17, 15) is 0 Å². The molecule has 2 aliphatic heterocycles. The molecule has 0 aromatic rings. The molecule has 3 heteroatoms. The largest absolute Gasteiger partial charge is 0.360 e. The topological polar surface area (TPSA) is 33.3 Å². The SMILES string of the molecule is CC1(C)CC2(CC(C)(C)N1)NCC(C1CC1)CO2. The molecule has 1 atom stereocenters. The third-order valence-corrected chi connectivity index (χ3v) is 4.68. The number of nitrogens with one attached hydrogen (secondary N) is 2. The van der Waals surface area contributed by atoms with Crippen LogP contribution in [0.15, 0.2) is 0 Å². The van der Waals surface area contributed by atoms with Gasteiger partial charge in [-0.2, -0.15) is 0 Å². The van der Waals surface area contributed by atoms with Crippen LogP contribution in [0.1, 0.15) is 53.4 Å². The first kappa shape index (κ1) is 12.9. The van der Waals surface area contributed by atoms with Crippen LogP contribution in [-0.4, -0.2) is 30.0 Å². The molecule has 0 amide bonds. The normalized spacial score (nSPS) is 37.7. The molecule has 0 radical (unpaired) electrons. The lowest BCUT2D eigenvalue weighted by atomic mass is 9.76. The van der Waals surface area contributed by atoms with E-state index < -0.39 is 0 Å². The molecule has 3 fully saturated rings. The predicted molar refractivity (Wildman–Crippen MR) is 73.4 cm³/mol. The van der Waals surface area contributed by atoms with Crippen molar-refractivity contribution < 1.29 is 4.74 Å². The van der Waals surface area contributed by atoms with Gasteiger partial charge in [0.1, 0.15) is 5.72 Å². The molecule has 104 valence electrons. The fraction of sp³-hybridized carbons (Fsp3) is 1.00. The van der Waals surface area contributed by atoms with Crippen molar-refractivity contribution in [2.75, 3.05) is 13.2 Å². The quantitative estimate of drug-likeness (QED) is 0.751. The van der Waals surface area contributed by atoms with Crippen LogP contribution in [0, 0.1) is 11.8 Å². The first-order valence-corrected chi connectivity index (χ1v) is 7.48. The van der Waals surface area contributed by atoms with Gasteiger partial charge in [-0.1, -0.05) is 0 Å². The minimum Gasteiger partial charge on any atom is -0.360 e. The van der Waals surface area contributed by atoms with Crippen molar-refractivity contribution in [3.05, 3.63) is 0 Å². The summed E-state index contributed by atoms with van der Waals surface area (Å²) >= 11 is 0. The van der Waals surface area contributed by atoms with Crippen molar-refractivity contribution in [2.24, 2.45) is 11.8 Å². The Balaban J connectivity index is 1.70. The molecule has 3 nitrogen and oxygen atoms in total. The average molecular weight is 252 g/mol. The second kappa shape index (κ2) is 3.94. The molecule has 0 aromatic heterocycles. The number of hydrogen-bond donors (Lipinski definition) is 2. The van der Waals surface area contributed by atoms with E-state index in [2.05, 4.69) is 38.3 Å². The van der Waals surface area contributed by atoms with Crippen LogP contribution in [0.2, 0.25) is 0 Å². The van der Waals surface area contributed by atoms with Crippen LogP contribution in [-0.2, 0) is 4.74 Å². The Morgan fingerprint density at radius 3 is 2.00 bits per heavy atom. The van der Waals surface area contributed by atoms with Gasteiger partial charge in [-0.15, -0.1) is 0 Å². The third kappa shape index (κ3) is 2.59. The highest BCUT2D eigenvalue weighted by Crippen LogP contribution is 2.43. The Bertz CT molecular complexity index is 307. The molecule has 2 N–H and O–H groups in total. The average Bonchev–Trinajstić information content (AvgIpc) is 2.96. The first-order valence-electron chi connectivity index (χ1n) is 7.48. The van der Waals surface area contributed by atoms with E-state index >= 15 is 0 Å². The van der Waals surface area contributed by atoms with Crippen molar-refractivity contribution in [1.82, 2.24) is 10.6 Å². The summed E-state index contributed by atoms with van der Waals surface area (Å²) in [5.41, 5.74) is 0.186. The minimum atomic E-state index is -0.0936. The summed E-state index contributed by atoms with van der Waals surface area (Å²) in [5, 5.41) is 7.48. The molecular formula is C15H28N2O. The van der Waals surface area contributed by atoms with Gasteiger partial charge in [0.2, 0.25) is 0 Å². The van der Waals surface area contributed by atoms with Crippen molar-refractivity contribution in [3.8, 4) is 0 Å². The van der Waals surface area contributed by atoms with Gasteiger partial charge in [0, 0.05) is 30.5 Å². The molecule has 0 bridgehead atoms. The van der Waals surface area contributed by atoms with Crippen molar-refractivity contribution in [3.63, 3.8) is 0 Å². The number of rotatable bonds is 1. The van der Waals surface area contributed by atoms with E-state index in [1.54, 1.807) is 0 Å². The van der Waals surface area contributed by atoms with Gasteiger partial charge in [0.25, 0.3) is 0 Å². The molecule has 1 aliphatic carbocycles. The van der Waals surface area contributed by atoms with Crippen molar-refractivity contribution in [1.29, 1.82) is 0 Å². The maximum atomic E-state index is 6.34. The third-order valence-electron chi connectivity index (χ3n) is 4.68. The van der Waals surface area contributed by atoms with E-state index in [0.717, 1.165) is 37.8 Å². The zero-order valence-electron chi connectivity index (χ0n) is 12.3. The van der Waals surface area contributed by atoms with E-state index in [-0.39, 0.29) is 16.8 Å². The fourth-order valence-corrected chi connectivity index (χ4v) is 4.29. The molecule has 1 unspecified atom stereocenters. The highest BCUT2D eigenvalue weighted by atomic mass is 16.5. The van der Waals surface area contributed by atoms with E-state index in [4.69, 9.17) is 4.74 Å². The van der Waals surface area contributed by atoms with Crippen LogP contribution in [0.5, 0.6) is 0 Å². The maximum Gasteiger partial charge on any atom is 0.122 e. The molecule has 0 aromatic carbocycles. The van der Waals surface area contributed by atoms with Gasteiger partial charge in [-0.05, 0) is 52.4 Å². The summed E-state index contributed by atoms with van der Waals surface area (Å²) in [6, 6.07) is 0. The summed E-state index contributed by atoms with van der Waals surface area (Å²) in [6.45, 7) is 11.3. The molecule has 1 spiro atoms. The maximum absolute atomic E-state index is 6.34. The molecular weight excluding hydrogens is 224 g/mol. The number of piperidine rings is 1. The molecule has 3 rings (SSSR count). The monoisotopic (exact) mass is 252 g/mol. The molecule has 3 aliphatic rings. The Morgan fingerprint density at radius 1 is 0.944 bits per heavy atom. The lowest BCUT2D eigenvalue weighted by Crippen LogP contribution is -2.70. The smallest absolute Gasteiger partial charge is 0.122 e. The minimum absolute atomic E-state index is 0.0936. The lowest BCUT2D eigenvalue weighted by Gasteiger charge is -2.55. The molecule has 1 saturated carbocycles. The van der Waals surface area contributed by atoms with Crippen LogP contribution in [0.4, 0.5) is 0 Å². The summed E-state index contributed by atoms with van der Waals surface area (Å²) in [5.74, 6) is 1.70. The van der Waals surface area contributed by atoms with Crippen LogP contribution in [0.3, 0.4) is 0 Å².